The van der Waals surface area contributed by atoms with Crippen molar-refractivity contribution >= 4 is 11.9 Å². The summed E-state index contributed by atoms with van der Waals surface area (Å²) < 4.78 is 5.54. The number of carbonyl (C=O) groups is 2. The Kier molecular flexibility index (Phi) is 8.13. The smallest absolute Gasteiger partial charge is 0.324 e. The monoisotopic (exact) mass is 314 g/mol. The van der Waals surface area contributed by atoms with E-state index in [1.165, 1.54) is 13.3 Å². The van der Waals surface area contributed by atoms with Crippen LogP contribution in [0, 0.1) is 16.7 Å². The Bertz CT molecular complexity index is 368. The van der Waals surface area contributed by atoms with Crippen LogP contribution in [0.2, 0.25) is 0 Å². The van der Waals surface area contributed by atoms with Crippen molar-refractivity contribution in [1.29, 1.82) is 0 Å². The number of carboxylic acids is 1. The number of aliphatic carboxylic acids is 1. The molecule has 0 spiro atoms. The molecule has 4 nitrogen and oxygen atoms in total. The van der Waals surface area contributed by atoms with Crippen molar-refractivity contribution in [3.63, 3.8) is 0 Å². The van der Waals surface area contributed by atoms with Gasteiger partial charge in [0.25, 0.3) is 0 Å². The van der Waals surface area contributed by atoms with E-state index in [1.807, 2.05) is 6.92 Å². The molecule has 0 aromatic carbocycles. The molecule has 1 N–H and O–H groups in total. The second-order valence-corrected chi connectivity index (χ2v) is 7.79. The number of unbranched alkanes of at least 4 members (excludes halogenated alkanes) is 1. The zero-order valence-corrected chi connectivity index (χ0v) is 15.4. The number of hydrogen-bond acceptors (Lipinski definition) is 3. The van der Waals surface area contributed by atoms with Gasteiger partial charge in [-0.15, -0.1) is 0 Å². The van der Waals surface area contributed by atoms with Gasteiger partial charge in [-0.05, 0) is 37.5 Å². The molecule has 0 radical (unpaired) electrons. The van der Waals surface area contributed by atoms with Gasteiger partial charge in [-0.3, -0.25) is 9.59 Å². The molecule has 4 heteroatoms. The molecule has 2 unspecified atom stereocenters. The van der Waals surface area contributed by atoms with Crippen LogP contribution in [0.5, 0.6) is 0 Å². The van der Waals surface area contributed by atoms with Crippen LogP contribution >= 0.6 is 0 Å². The van der Waals surface area contributed by atoms with Gasteiger partial charge in [0.2, 0.25) is 0 Å². The van der Waals surface area contributed by atoms with Gasteiger partial charge in [-0.2, -0.15) is 0 Å². The highest BCUT2D eigenvalue weighted by Crippen LogP contribution is 2.40. The summed E-state index contributed by atoms with van der Waals surface area (Å²) in [5.74, 6) is -1.07. The Labute approximate surface area is 135 Å². The van der Waals surface area contributed by atoms with Gasteiger partial charge in [-0.25, -0.2) is 0 Å². The summed E-state index contributed by atoms with van der Waals surface area (Å²) in [6.07, 6.45) is 4.60. The standard InChI is InChI=1S/C18H34O4/c1-8-14(12-10-9-11-13(2)3)22-16(21)18(7,15(19)20)17(4,5)6/h13-14H,8-12H2,1-7H3,(H,19,20). The van der Waals surface area contributed by atoms with E-state index in [0.29, 0.717) is 12.3 Å². The Hall–Kier alpha value is -1.06. The molecule has 0 rings (SSSR count). The van der Waals surface area contributed by atoms with Crippen molar-refractivity contribution in [2.24, 2.45) is 16.7 Å². The highest BCUT2D eigenvalue weighted by molar-refractivity contribution is 5.99. The molecule has 0 aromatic rings. The summed E-state index contributed by atoms with van der Waals surface area (Å²) in [6, 6.07) is 0. The molecule has 0 saturated heterocycles. The molecular weight excluding hydrogens is 280 g/mol. The maximum Gasteiger partial charge on any atom is 0.324 e. The first-order valence-electron chi connectivity index (χ1n) is 8.41. The molecule has 0 heterocycles. The summed E-state index contributed by atoms with van der Waals surface area (Å²) in [6.45, 7) is 13.1. The van der Waals surface area contributed by atoms with Gasteiger partial charge in [0, 0.05) is 0 Å². The van der Waals surface area contributed by atoms with Crippen molar-refractivity contribution in [2.75, 3.05) is 0 Å². The molecule has 0 fully saturated rings. The molecule has 0 aliphatic carbocycles. The van der Waals surface area contributed by atoms with Crippen molar-refractivity contribution < 1.29 is 19.4 Å². The quantitative estimate of drug-likeness (QED) is 0.382. The number of ether oxygens (including phenoxy) is 1. The number of carboxylic acid groups (broad SMARTS) is 1. The van der Waals surface area contributed by atoms with Crippen LogP contribution in [0.1, 0.15) is 80.6 Å². The molecule has 2 atom stereocenters. The predicted molar refractivity (Wildman–Crippen MR) is 88.7 cm³/mol. The second kappa shape index (κ2) is 8.54. The average Bonchev–Trinajstić information content (AvgIpc) is 2.38. The highest BCUT2D eigenvalue weighted by atomic mass is 16.5. The van der Waals surface area contributed by atoms with E-state index in [2.05, 4.69) is 13.8 Å². The van der Waals surface area contributed by atoms with E-state index in [1.54, 1.807) is 20.8 Å². The van der Waals surface area contributed by atoms with Crippen molar-refractivity contribution in [3.05, 3.63) is 0 Å². The number of carbonyl (C=O) groups excluding carboxylic acids is 1. The lowest BCUT2D eigenvalue weighted by Crippen LogP contribution is -2.48. The molecule has 0 bridgehead atoms. The number of esters is 1. The van der Waals surface area contributed by atoms with Gasteiger partial charge in [-0.1, -0.05) is 54.4 Å². The van der Waals surface area contributed by atoms with Crippen LogP contribution in [-0.2, 0) is 14.3 Å². The van der Waals surface area contributed by atoms with E-state index >= 15 is 0 Å². The minimum atomic E-state index is -1.53. The molecular formula is C18H34O4. The van der Waals surface area contributed by atoms with E-state index in [9.17, 15) is 14.7 Å². The Morgan fingerprint density at radius 1 is 1.05 bits per heavy atom. The van der Waals surface area contributed by atoms with Crippen LogP contribution in [0.25, 0.3) is 0 Å². The first-order valence-corrected chi connectivity index (χ1v) is 8.41. The van der Waals surface area contributed by atoms with Crippen LogP contribution in [0.15, 0.2) is 0 Å². The summed E-state index contributed by atoms with van der Waals surface area (Å²) in [5, 5.41) is 9.50. The molecule has 0 aromatic heterocycles. The largest absolute Gasteiger partial charge is 0.480 e. The third-order valence-corrected chi connectivity index (χ3v) is 4.62. The summed E-state index contributed by atoms with van der Waals surface area (Å²) in [4.78, 5) is 24.1. The maximum atomic E-state index is 12.5. The number of hydrogen-bond donors (Lipinski definition) is 1. The summed E-state index contributed by atoms with van der Waals surface area (Å²) in [7, 11) is 0. The zero-order chi connectivity index (χ0) is 17.6. The zero-order valence-electron chi connectivity index (χ0n) is 15.4. The molecule has 0 aliphatic heterocycles. The lowest BCUT2D eigenvalue weighted by atomic mass is 9.68. The summed E-state index contributed by atoms with van der Waals surface area (Å²) >= 11 is 0. The average molecular weight is 314 g/mol. The predicted octanol–water partition coefficient (Wildman–Crippen LogP) is 4.66. The van der Waals surface area contributed by atoms with E-state index in [4.69, 9.17) is 4.74 Å². The highest BCUT2D eigenvalue weighted by Gasteiger charge is 2.53. The minimum absolute atomic E-state index is 0.194. The van der Waals surface area contributed by atoms with Crippen molar-refractivity contribution in [2.45, 2.75) is 86.7 Å². The van der Waals surface area contributed by atoms with Crippen LogP contribution < -0.4 is 0 Å². The minimum Gasteiger partial charge on any atom is -0.480 e. The fourth-order valence-electron chi connectivity index (χ4n) is 2.25. The van der Waals surface area contributed by atoms with Gasteiger partial charge in [0.1, 0.15) is 6.10 Å². The molecule has 0 aliphatic rings. The maximum absolute atomic E-state index is 12.5. The van der Waals surface area contributed by atoms with Crippen LogP contribution in [0.3, 0.4) is 0 Å². The summed E-state index contributed by atoms with van der Waals surface area (Å²) in [5.41, 5.74) is -2.23. The Balaban J connectivity index is 4.73. The fourth-order valence-corrected chi connectivity index (χ4v) is 2.25. The molecule has 130 valence electrons. The van der Waals surface area contributed by atoms with E-state index < -0.39 is 22.8 Å². The van der Waals surface area contributed by atoms with Crippen molar-refractivity contribution in [3.8, 4) is 0 Å². The van der Waals surface area contributed by atoms with Crippen LogP contribution in [0.4, 0.5) is 0 Å². The lowest BCUT2D eigenvalue weighted by Gasteiger charge is -2.36. The Morgan fingerprint density at radius 2 is 1.55 bits per heavy atom. The third-order valence-electron chi connectivity index (χ3n) is 4.62. The van der Waals surface area contributed by atoms with Gasteiger partial charge < -0.3 is 9.84 Å². The second-order valence-electron chi connectivity index (χ2n) is 7.79. The Morgan fingerprint density at radius 3 is 1.91 bits per heavy atom. The molecule has 0 amide bonds. The first-order chi connectivity index (χ1) is 9.96. The third kappa shape index (κ3) is 5.62. The van der Waals surface area contributed by atoms with E-state index in [-0.39, 0.29) is 6.10 Å². The number of rotatable bonds is 9. The first kappa shape index (κ1) is 20.9. The SMILES string of the molecule is CCC(CCCCC(C)C)OC(=O)C(C)(C(=O)O)C(C)(C)C. The van der Waals surface area contributed by atoms with Crippen molar-refractivity contribution in [1.82, 2.24) is 0 Å². The van der Waals surface area contributed by atoms with E-state index in [0.717, 1.165) is 19.3 Å². The van der Waals surface area contributed by atoms with Gasteiger partial charge in [0.15, 0.2) is 5.41 Å². The topological polar surface area (TPSA) is 63.6 Å². The van der Waals surface area contributed by atoms with Gasteiger partial charge in [0.05, 0.1) is 0 Å². The normalized spacial score (nSPS) is 16.2. The molecule has 0 saturated carbocycles. The molecule has 22 heavy (non-hydrogen) atoms. The van der Waals surface area contributed by atoms with Gasteiger partial charge >= 0.3 is 11.9 Å². The lowest BCUT2D eigenvalue weighted by molar-refractivity contribution is -0.180. The van der Waals surface area contributed by atoms with Crippen LogP contribution in [-0.4, -0.2) is 23.1 Å². The fraction of sp³-hybridized carbons (Fsp3) is 0.889.